The molecule has 0 bridgehead atoms. The van der Waals surface area contributed by atoms with E-state index in [1.165, 1.54) is 7.05 Å². The normalized spacial score (nSPS) is 12.2. The molecule has 1 atom stereocenters. The number of aliphatic carboxylic acids is 1. The second kappa shape index (κ2) is 7.31. The first-order valence-electron chi connectivity index (χ1n) is 5.88. The summed E-state index contributed by atoms with van der Waals surface area (Å²) in [5.74, 6) is -2.49. The fraction of sp³-hybridized carbons (Fsp3) is 0.636. The number of carbonyl (C=O) groups excluding carboxylic acids is 3. The molecule has 9 heteroatoms. The molecule has 20 heavy (non-hydrogen) atoms. The smallest absolute Gasteiger partial charge is 0.326 e. The first-order valence-corrected chi connectivity index (χ1v) is 5.88. The van der Waals surface area contributed by atoms with Crippen molar-refractivity contribution in [3.05, 3.63) is 0 Å². The lowest BCUT2D eigenvalue weighted by molar-refractivity contribution is -0.140. The predicted octanol–water partition coefficient (Wildman–Crippen LogP) is -1.61. The maximum absolute atomic E-state index is 11.5. The minimum absolute atomic E-state index is 0.00141. The lowest BCUT2D eigenvalue weighted by atomic mass is 9.92. The number of rotatable bonds is 7. The summed E-state index contributed by atoms with van der Waals surface area (Å²) in [6.07, 6.45) is -0.512. The zero-order valence-corrected chi connectivity index (χ0v) is 11.6. The van der Waals surface area contributed by atoms with Crippen LogP contribution in [0, 0.1) is 5.41 Å². The topological polar surface area (TPSA) is 151 Å². The summed E-state index contributed by atoms with van der Waals surface area (Å²) in [5.41, 5.74) is 4.03. The average molecular weight is 288 g/mol. The van der Waals surface area contributed by atoms with Crippen LogP contribution in [-0.4, -0.2) is 48.6 Å². The van der Waals surface area contributed by atoms with Crippen LogP contribution in [0.2, 0.25) is 0 Å². The third kappa shape index (κ3) is 6.03. The zero-order chi connectivity index (χ0) is 15.9. The second-order valence-electron chi connectivity index (χ2n) is 4.85. The van der Waals surface area contributed by atoms with Crippen molar-refractivity contribution in [1.29, 1.82) is 0 Å². The van der Waals surface area contributed by atoms with Gasteiger partial charge in [0.25, 0.3) is 0 Å². The Bertz CT molecular complexity index is 408. The highest BCUT2D eigenvalue weighted by Crippen LogP contribution is 2.12. The van der Waals surface area contributed by atoms with Crippen LogP contribution in [0.4, 0.5) is 4.79 Å². The van der Waals surface area contributed by atoms with Gasteiger partial charge in [-0.05, 0) is 13.8 Å². The van der Waals surface area contributed by atoms with E-state index >= 15 is 0 Å². The van der Waals surface area contributed by atoms with Gasteiger partial charge in [0.05, 0.1) is 11.8 Å². The Morgan fingerprint density at radius 2 is 1.80 bits per heavy atom. The third-order valence-corrected chi connectivity index (χ3v) is 2.54. The van der Waals surface area contributed by atoms with E-state index in [9.17, 15) is 19.2 Å². The summed E-state index contributed by atoms with van der Waals surface area (Å²) < 4.78 is 0. The summed E-state index contributed by atoms with van der Waals surface area (Å²) >= 11 is 0. The van der Waals surface area contributed by atoms with Crippen LogP contribution in [-0.2, 0) is 14.4 Å². The Morgan fingerprint density at radius 1 is 1.25 bits per heavy atom. The molecule has 0 unspecified atom stereocenters. The van der Waals surface area contributed by atoms with Gasteiger partial charge in [0.15, 0.2) is 0 Å². The van der Waals surface area contributed by atoms with Gasteiger partial charge in [-0.1, -0.05) is 0 Å². The molecule has 0 heterocycles. The standard InChI is InChI=1S/C11H20N4O5/c1-11(2,9(19)13-3)5-14-10(20)15-6(8(17)18)4-7(12)16/h6H,4-5H2,1-3H3,(H2,12,16)(H,13,19)(H,17,18)(H2,14,15,20)/t6-/m0/s1. The Morgan fingerprint density at radius 3 is 2.20 bits per heavy atom. The Kier molecular flexibility index (Phi) is 6.47. The number of nitrogens with two attached hydrogens (primary N) is 1. The number of urea groups is 1. The van der Waals surface area contributed by atoms with E-state index in [1.54, 1.807) is 13.8 Å². The van der Waals surface area contributed by atoms with Crippen molar-refractivity contribution in [3.8, 4) is 0 Å². The average Bonchev–Trinajstić information content (AvgIpc) is 2.34. The maximum Gasteiger partial charge on any atom is 0.326 e. The van der Waals surface area contributed by atoms with E-state index in [1.807, 2.05) is 0 Å². The quantitative estimate of drug-likeness (QED) is 0.381. The van der Waals surface area contributed by atoms with Gasteiger partial charge in [-0.2, -0.15) is 0 Å². The lowest BCUT2D eigenvalue weighted by Gasteiger charge is -2.23. The first kappa shape index (κ1) is 17.7. The van der Waals surface area contributed by atoms with Gasteiger partial charge >= 0.3 is 12.0 Å². The molecule has 0 spiro atoms. The monoisotopic (exact) mass is 288 g/mol. The maximum atomic E-state index is 11.5. The molecule has 9 nitrogen and oxygen atoms in total. The highest BCUT2D eigenvalue weighted by Gasteiger charge is 2.28. The number of hydrogen-bond acceptors (Lipinski definition) is 4. The molecule has 0 rings (SSSR count). The SMILES string of the molecule is CNC(=O)C(C)(C)CNC(=O)N[C@@H](CC(N)=O)C(=O)O. The van der Waals surface area contributed by atoms with Gasteiger partial charge in [-0.15, -0.1) is 0 Å². The van der Waals surface area contributed by atoms with Crippen LogP contribution in [0.5, 0.6) is 0 Å². The van der Waals surface area contributed by atoms with Crippen molar-refractivity contribution in [2.45, 2.75) is 26.3 Å². The molecule has 4 amide bonds. The van der Waals surface area contributed by atoms with Crippen LogP contribution in [0.25, 0.3) is 0 Å². The predicted molar refractivity (Wildman–Crippen MR) is 69.6 cm³/mol. The molecule has 6 N–H and O–H groups in total. The second-order valence-corrected chi connectivity index (χ2v) is 4.85. The minimum Gasteiger partial charge on any atom is -0.480 e. The molecule has 0 saturated carbocycles. The number of primary amides is 1. The summed E-state index contributed by atoms with van der Waals surface area (Å²) in [4.78, 5) is 44.5. The van der Waals surface area contributed by atoms with E-state index in [0.29, 0.717) is 0 Å². The van der Waals surface area contributed by atoms with Crippen LogP contribution >= 0.6 is 0 Å². The van der Waals surface area contributed by atoms with Crippen molar-refractivity contribution in [2.75, 3.05) is 13.6 Å². The van der Waals surface area contributed by atoms with Crippen LogP contribution < -0.4 is 21.7 Å². The van der Waals surface area contributed by atoms with E-state index in [4.69, 9.17) is 10.8 Å². The lowest BCUT2D eigenvalue weighted by Crippen LogP contribution is -2.51. The summed E-state index contributed by atoms with van der Waals surface area (Å²) in [5, 5.41) is 15.7. The molecule has 0 radical (unpaired) electrons. The molecular weight excluding hydrogens is 268 g/mol. The number of amides is 4. The van der Waals surface area contributed by atoms with Crippen LogP contribution in [0.1, 0.15) is 20.3 Å². The molecule has 0 fully saturated rings. The molecule has 114 valence electrons. The highest BCUT2D eigenvalue weighted by atomic mass is 16.4. The van der Waals surface area contributed by atoms with Gasteiger partial charge in [0, 0.05) is 13.6 Å². The molecule has 0 aliphatic carbocycles. The van der Waals surface area contributed by atoms with Gasteiger partial charge in [-0.25, -0.2) is 9.59 Å². The number of hydrogen-bond donors (Lipinski definition) is 5. The van der Waals surface area contributed by atoms with Gasteiger partial charge in [0.1, 0.15) is 6.04 Å². The summed E-state index contributed by atoms with van der Waals surface area (Å²) in [6.45, 7) is 3.23. The van der Waals surface area contributed by atoms with Gasteiger partial charge in [-0.3, -0.25) is 9.59 Å². The minimum atomic E-state index is -1.41. The molecule has 0 saturated heterocycles. The fourth-order valence-corrected chi connectivity index (χ4v) is 1.33. The van der Waals surface area contributed by atoms with Crippen molar-refractivity contribution in [3.63, 3.8) is 0 Å². The molecule has 0 aromatic carbocycles. The number of nitrogens with one attached hydrogen (secondary N) is 3. The van der Waals surface area contributed by atoms with Crippen molar-refractivity contribution in [2.24, 2.45) is 11.1 Å². The molecular formula is C11H20N4O5. The Labute approximate surface area is 116 Å². The fourth-order valence-electron chi connectivity index (χ4n) is 1.33. The van der Waals surface area contributed by atoms with Crippen molar-refractivity contribution < 1.29 is 24.3 Å². The number of carbonyl (C=O) groups is 4. The highest BCUT2D eigenvalue weighted by molar-refractivity contribution is 5.88. The Hall–Kier alpha value is -2.32. The van der Waals surface area contributed by atoms with Crippen molar-refractivity contribution in [1.82, 2.24) is 16.0 Å². The zero-order valence-electron chi connectivity index (χ0n) is 11.6. The summed E-state index contributed by atoms with van der Waals surface area (Å²) in [7, 11) is 1.47. The number of carboxylic acids is 1. The van der Waals surface area contributed by atoms with E-state index in [0.717, 1.165) is 0 Å². The van der Waals surface area contributed by atoms with E-state index < -0.39 is 35.8 Å². The van der Waals surface area contributed by atoms with Gasteiger partial charge in [0.2, 0.25) is 11.8 Å². The largest absolute Gasteiger partial charge is 0.480 e. The van der Waals surface area contributed by atoms with Crippen LogP contribution in [0.15, 0.2) is 0 Å². The van der Waals surface area contributed by atoms with Crippen molar-refractivity contribution >= 4 is 23.8 Å². The van der Waals surface area contributed by atoms with E-state index in [-0.39, 0.29) is 12.5 Å². The molecule has 0 aromatic heterocycles. The summed E-state index contributed by atoms with van der Waals surface area (Å²) in [6, 6.07) is -2.20. The van der Waals surface area contributed by atoms with Gasteiger partial charge < -0.3 is 26.8 Å². The Balaban J connectivity index is 4.44. The molecule has 0 aliphatic rings. The first-order chi connectivity index (χ1) is 9.10. The molecule has 0 aliphatic heterocycles. The van der Waals surface area contributed by atoms with E-state index in [2.05, 4.69) is 16.0 Å². The molecule has 0 aromatic rings. The van der Waals surface area contributed by atoms with Crippen LogP contribution in [0.3, 0.4) is 0 Å². The number of carboxylic acid groups (broad SMARTS) is 1. The third-order valence-electron chi connectivity index (χ3n) is 2.54.